The molecule has 0 amide bonds. The monoisotopic (exact) mass is 273 g/mol. The van der Waals surface area contributed by atoms with E-state index >= 15 is 0 Å². The van der Waals surface area contributed by atoms with E-state index in [1.54, 1.807) is 43.5 Å². The molecule has 0 bridgehead atoms. The molecule has 0 heterocycles. The summed E-state index contributed by atoms with van der Waals surface area (Å²) in [5.41, 5.74) is 8.07. The van der Waals surface area contributed by atoms with Gasteiger partial charge in [-0.1, -0.05) is 11.6 Å². The van der Waals surface area contributed by atoms with Gasteiger partial charge in [0.25, 0.3) is 0 Å². The minimum Gasteiger partial charge on any atom is -0.497 e. The van der Waals surface area contributed by atoms with E-state index in [1.165, 1.54) is 0 Å². The zero-order valence-electron chi connectivity index (χ0n) is 10.3. The smallest absolute Gasteiger partial charge is 0.121 e. The van der Waals surface area contributed by atoms with E-state index in [-0.39, 0.29) is 0 Å². The van der Waals surface area contributed by atoms with Crippen LogP contribution in [0.1, 0.15) is 5.56 Å². The maximum atomic E-state index is 9.10. The van der Waals surface area contributed by atoms with Gasteiger partial charge in [-0.3, -0.25) is 0 Å². The maximum absolute atomic E-state index is 9.10. The van der Waals surface area contributed by atoms with Crippen molar-refractivity contribution in [2.75, 3.05) is 18.2 Å². The Kier molecular flexibility index (Phi) is 3.79. The van der Waals surface area contributed by atoms with Crippen LogP contribution in [0.15, 0.2) is 36.4 Å². The Labute approximate surface area is 116 Å². The highest BCUT2D eigenvalue weighted by molar-refractivity contribution is 6.33. The zero-order valence-corrected chi connectivity index (χ0v) is 11.0. The molecule has 0 spiro atoms. The Morgan fingerprint density at radius 2 is 2.00 bits per heavy atom. The van der Waals surface area contributed by atoms with Crippen molar-refractivity contribution in [1.82, 2.24) is 0 Å². The number of nitrogens with one attached hydrogen (secondary N) is 1. The molecule has 96 valence electrons. The van der Waals surface area contributed by atoms with Gasteiger partial charge in [0.05, 0.1) is 29.1 Å². The number of nitrogen functional groups attached to an aromatic ring is 1. The summed E-state index contributed by atoms with van der Waals surface area (Å²) in [5, 5.41) is 12.7. The molecule has 0 unspecified atom stereocenters. The van der Waals surface area contributed by atoms with E-state index in [2.05, 4.69) is 11.4 Å². The molecule has 5 heteroatoms. The molecule has 0 atom stereocenters. The summed E-state index contributed by atoms with van der Waals surface area (Å²) in [6.07, 6.45) is 0. The lowest BCUT2D eigenvalue weighted by molar-refractivity contribution is 0.415. The number of methoxy groups -OCH3 is 1. The normalized spacial score (nSPS) is 9.74. The van der Waals surface area contributed by atoms with Gasteiger partial charge in [0.1, 0.15) is 11.8 Å². The number of benzene rings is 2. The number of anilines is 3. The van der Waals surface area contributed by atoms with Crippen LogP contribution in [0.2, 0.25) is 5.02 Å². The first-order chi connectivity index (χ1) is 9.13. The molecule has 2 aromatic carbocycles. The predicted molar refractivity (Wildman–Crippen MR) is 76.9 cm³/mol. The topological polar surface area (TPSA) is 71.1 Å². The summed E-state index contributed by atoms with van der Waals surface area (Å²) in [6.45, 7) is 0. The van der Waals surface area contributed by atoms with Gasteiger partial charge in [0.2, 0.25) is 0 Å². The SMILES string of the molecule is COc1ccc(C#N)c(Nc2cc(N)ccc2Cl)c1. The summed E-state index contributed by atoms with van der Waals surface area (Å²) in [5.74, 6) is 0.654. The van der Waals surface area contributed by atoms with Crippen molar-refractivity contribution in [2.24, 2.45) is 0 Å². The second-order valence-electron chi connectivity index (χ2n) is 3.89. The van der Waals surface area contributed by atoms with Crippen LogP contribution >= 0.6 is 11.6 Å². The number of hydrogen-bond donors (Lipinski definition) is 2. The van der Waals surface area contributed by atoms with Crippen molar-refractivity contribution in [3.05, 3.63) is 47.0 Å². The lowest BCUT2D eigenvalue weighted by Gasteiger charge is -2.12. The number of hydrogen-bond acceptors (Lipinski definition) is 4. The summed E-state index contributed by atoms with van der Waals surface area (Å²) in [6, 6.07) is 12.4. The van der Waals surface area contributed by atoms with Gasteiger partial charge in [-0.2, -0.15) is 5.26 Å². The molecule has 0 aliphatic rings. The van der Waals surface area contributed by atoms with Gasteiger partial charge >= 0.3 is 0 Å². The van der Waals surface area contributed by atoms with Crippen LogP contribution in [-0.4, -0.2) is 7.11 Å². The Hall–Kier alpha value is -2.38. The molecular weight excluding hydrogens is 262 g/mol. The van der Waals surface area contributed by atoms with Crippen LogP contribution in [0, 0.1) is 11.3 Å². The number of rotatable bonds is 3. The molecule has 2 rings (SSSR count). The quantitative estimate of drug-likeness (QED) is 0.839. The summed E-state index contributed by atoms with van der Waals surface area (Å²) >= 11 is 6.08. The van der Waals surface area contributed by atoms with Crippen LogP contribution in [0.3, 0.4) is 0 Å². The lowest BCUT2D eigenvalue weighted by Crippen LogP contribution is -1.97. The summed E-state index contributed by atoms with van der Waals surface area (Å²) < 4.78 is 5.14. The van der Waals surface area contributed by atoms with E-state index in [1.807, 2.05) is 0 Å². The minimum atomic E-state index is 0.499. The highest BCUT2D eigenvalue weighted by atomic mass is 35.5. The third-order valence-electron chi connectivity index (χ3n) is 2.61. The van der Waals surface area contributed by atoms with Gasteiger partial charge < -0.3 is 15.8 Å². The first-order valence-corrected chi connectivity index (χ1v) is 5.92. The fraction of sp³-hybridized carbons (Fsp3) is 0.0714. The Balaban J connectivity index is 2.42. The van der Waals surface area contributed by atoms with E-state index < -0.39 is 0 Å². The summed E-state index contributed by atoms with van der Waals surface area (Å²) in [7, 11) is 1.57. The fourth-order valence-corrected chi connectivity index (χ4v) is 1.80. The molecular formula is C14H12ClN3O. The molecule has 0 aliphatic heterocycles. The van der Waals surface area contributed by atoms with Crippen molar-refractivity contribution in [2.45, 2.75) is 0 Å². The number of nitriles is 1. The first-order valence-electron chi connectivity index (χ1n) is 5.54. The molecule has 0 radical (unpaired) electrons. The first kappa shape index (κ1) is 13.1. The van der Waals surface area contributed by atoms with Gasteiger partial charge in [-0.25, -0.2) is 0 Å². The van der Waals surface area contributed by atoms with Crippen molar-refractivity contribution in [3.63, 3.8) is 0 Å². The molecule has 0 aliphatic carbocycles. The van der Waals surface area contributed by atoms with Gasteiger partial charge in [0, 0.05) is 11.8 Å². The highest BCUT2D eigenvalue weighted by Gasteiger charge is 2.07. The summed E-state index contributed by atoms with van der Waals surface area (Å²) in [4.78, 5) is 0. The Bertz CT molecular complexity index is 650. The van der Waals surface area contributed by atoms with Crippen molar-refractivity contribution < 1.29 is 4.74 Å². The van der Waals surface area contributed by atoms with Gasteiger partial charge in [0.15, 0.2) is 0 Å². The molecule has 0 saturated carbocycles. The highest BCUT2D eigenvalue weighted by Crippen LogP contribution is 2.30. The average Bonchev–Trinajstić information content (AvgIpc) is 2.42. The number of nitrogens with two attached hydrogens (primary N) is 1. The van der Waals surface area contributed by atoms with Crippen molar-refractivity contribution in [1.29, 1.82) is 5.26 Å². The second kappa shape index (κ2) is 5.51. The molecule has 3 N–H and O–H groups in total. The molecule has 19 heavy (non-hydrogen) atoms. The van der Waals surface area contributed by atoms with Crippen LogP contribution in [-0.2, 0) is 0 Å². The molecule has 4 nitrogen and oxygen atoms in total. The third kappa shape index (κ3) is 2.90. The lowest BCUT2D eigenvalue weighted by atomic mass is 10.1. The van der Waals surface area contributed by atoms with Crippen molar-refractivity contribution in [3.8, 4) is 11.8 Å². The van der Waals surface area contributed by atoms with Gasteiger partial charge in [-0.05, 0) is 30.3 Å². The fourth-order valence-electron chi connectivity index (χ4n) is 1.64. The standard InChI is InChI=1S/C14H12ClN3O/c1-19-11-4-2-9(8-16)13(7-11)18-14-6-10(17)3-5-12(14)15/h2-7,18H,17H2,1H3. The Morgan fingerprint density at radius 1 is 1.21 bits per heavy atom. The van der Waals surface area contributed by atoms with E-state index in [9.17, 15) is 0 Å². The van der Waals surface area contributed by atoms with Gasteiger partial charge in [-0.15, -0.1) is 0 Å². The minimum absolute atomic E-state index is 0.499. The molecule has 0 fully saturated rings. The number of ether oxygens (including phenoxy) is 1. The second-order valence-corrected chi connectivity index (χ2v) is 4.29. The number of nitrogens with zero attached hydrogens (tertiary/aromatic N) is 1. The third-order valence-corrected chi connectivity index (χ3v) is 2.94. The number of halogens is 1. The van der Waals surface area contributed by atoms with Crippen LogP contribution < -0.4 is 15.8 Å². The predicted octanol–water partition coefficient (Wildman–Crippen LogP) is 3.55. The zero-order chi connectivity index (χ0) is 13.8. The molecule has 0 aromatic heterocycles. The Morgan fingerprint density at radius 3 is 2.68 bits per heavy atom. The van der Waals surface area contributed by atoms with E-state index in [0.717, 1.165) is 0 Å². The van der Waals surface area contributed by atoms with Crippen molar-refractivity contribution >= 4 is 28.7 Å². The van der Waals surface area contributed by atoms with Crippen LogP contribution in [0.4, 0.5) is 17.1 Å². The molecule has 0 saturated heterocycles. The molecule has 2 aromatic rings. The van der Waals surface area contributed by atoms with Crippen LogP contribution in [0.5, 0.6) is 5.75 Å². The maximum Gasteiger partial charge on any atom is 0.121 e. The van der Waals surface area contributed by atoms with E-state index in [4.69, 9.17) is 27.3 Å². The van der Waals surface area contributed by atoms with E-state index in [0.29, 0.717) is 33.4 Å². The van der Waals surface area contributed by atoms with Crippen LogP contribution in [0.25, 0.3) is 0 Å². The largest absolute Gasteiger partial charge is 0.497 e. The average molecular weight is 274 g/mol.